The lowest BCUT2D eigenvalue weighted by atomic mass is 9.72. The standard InChI is InChI=1S/C24H28N2O3/c1-29-21-9-7-19(8-10-21)17-26-18-24(12-11-22(26)27)13-15-25(16-14-24)23(28)20-5-3-2-4-6-20/h2-10H,11-18H2,1H3. The third-order valence-electron chi connectivity index (χ3n) is 6.41. The first-order valence-electron chi connectivity index (χ1n) is 10.3. The van der Waals surface area contributed by atoms with E-state index in [1.807, 2.05) is 64.4 Å². The molecule has 1 spiro atoms. The molecule has 2 aromatic rings. The van der Waals surface area contributed by atoms with Crippen LogP contribution in [0.2, 0.25) is 0 Å². The molecule has 0 unspecified atom stereocenters. The molecule has 2 aliphatic heterocycles. The summed E-state index contributed by atoms with van der Waals surface area (Å²) in [4.78, 5) is 29.2. The van der Waals surface area contributed by atoms with Gasteiger partial charge in [-0.05, 0) is 54.5 Å². The van der Waals surface area contributed by atoms with Crippen LogP contribution in [0.3, 0.4) is 0 Å². The molecule has 0 aromatic heterocycles. The summed E-state index contributed by atoms with van der Waals surface area (Å²) in [5, 5.41) is 0. The Labute approximate surface area is 172 Å². The summed E-state index contributed by atoms with van der Waals surface area (Å²) in [6.45, 7) is 2.94. The van der Waals surface area contributed by atoms with E-state index in [9.17, 15) is 9.59 Å². The van der Waals surface area contributed by atoms with Crippen molar-refractivity contribution in [3.05, 3.63) is 65.7 Å². The van der Waals surface area contributed by atoms with Crippen LogP contribution in [0.4, 0.5) is 0 Å². The Morgan fingerprint density at radius 2 is 1.69 bits per heavy atom. The van der Waals surface area contributed by atoms with Crippen LogP contribution in [0.5, 0.6) is 5.75 Å². The van der Waals surface area contributed by atoms with Crippen molar-refractivity contribution in [2.24, 2.45) is 5.41 Å². The van der Waals surface area contributed by atoms with Crippen LogP contribution >= 0.6 is 0 Å². The largest absolute Gasteiger partial charge is 0.497 e. The van der Waals surface area contributed by atoms with Gasteiger partial charge in [0.05, 0.1) is 7.11 Å². The van der Waals surface area contributed by atoms with E-state index in [0.29, 0.717) is 13.0 Å². The molecule has 2 aliphatic rings. The molecule has 2 saturated heterocycles. The van der Waals surface area contributed by atoms with Crippen LogP contribution < -0.4 is 4.74 Å². The van der Waals surface area contributed by atoms with Crippen molar-refractivity contribution < 1.29 is 14.3 Å². The van der Waals surface area contributed by atoms with Crippen LogP contribution in [0.1, 0.15) is 41.6 Å². The van der Waals surface area contributed by atoms with Gasteiger partial charge in [-0.1, -0.05) is 30.3 Å². The monoisotopic (exact) mass is 392 g/mol. The number of hydrogen-bond acceptors (Lipinski definition) is 3. The fourth-order valence-electron chi connectivity index (χ4n) is 4.55. The number of likely N-dealkylation sites (tertiary alicyclic amines) is 2. The molecule has 29 heavy (non-hydrogen) atoms. The normalized spacial score (nSPS) is 18.7. The first-order chi connectivity index (χ1) is 14.1. The van der Waals surface area contributed by atoms with Gasteiger partial charge in [-0.3, -0.25) is 9.59 Å². The third kappa shape index (κ3) is 4.29. The Bertz CT molecular complexity index is 855. The summed E-state index contributed by atoms with van der Waals surface area (Å²) >= 11 is 0. The van der Waals surface area contributed by atoms with Crippen LogP contribution in [0, 0.1) is 5.41 Å². The van der Waals surface area contributed by atoms with Gasteiger partial charge < -0.3 is 14.5 Å². The molecule has 0 aliphatic carbocycles. The summed E-state index contributed by atoms with van der Waals surface area (Å²) < 4.78 is 5.22. The Morgan fingerprint density at radius 3 is 2.34 bits per heavy atom. The Kier molecular flexibility index (Phi) is 5.56. The Morgan fingerprint density at radius 1 is 1.00 bits per heavy atom. The maximum absolute atomic E-state index is 12.7. The molecule has 152 valence electrons. The van der Waals surface area contributed by atoms with Crippen LogP contribution in [-0.2, 0) is 11.3 Å². The first kappa shape index (κ1) is 19.5. The van der Waals surface area contributed by atoms with Gasteiger partial charge in [0.1, 0.15) is 5.75 Å². The summed E-state index contributed by atoms with van der Waals surface area (Å²) in [5.74, 6) is 1.17. The minimum absolute atomic E-state index is 0.113. The minimum atomic E-state index is 0.113. The molecule has 2 heterocycles. The average Bonchev–Trinajstić information content (AvgIpc) is 2.78. The highest BCUT2D eigenvalue weighted by atomic mass is 16.5. The molecule has 0 bridgehead atoms. The Balaban J connectivity index is 1.38. The smallest absolute Gasteiger partial charge is 0.253 e. The molecule has 0 atom stereocenters. The van der Waals surface area contributed by atoms with Gasteiger partial charge in [-0.25, -0.2) is 0 Å². The molecule has 5 heteroatoms. The van der Waals surface area contributed by atoms with Crippen LogP contribution in [0.25, 0.3) is 0 Å². The number of carbonyl (C=O) groups is 2. The number of nitrogens with zero attached hydrogens (tertiary/aromatic N) is 2. The predicted octanol–water partition coefficient (Wildman–Crippen LogP) is 3.74. The SMILES string of the molecule is COc1ccc(CN2CC3(CCC2=O)CCN(C(=O)c2ccccc2)CC3)cc1. The molecular weight excluding hydrogens is 364 g/mol. The number of rotatable bonds is 4. The van der Waals surface area contributed by atoms with E-state index in [2.05, 4.69) is 0 Å². The lowest BCUT2D eigenvalue weighted by Crippen LogP contribution is -2.52. The number of ether oxygens (including phenoxy) is 1. The van der Waals surface area contributed by atoms with Crippen molar-refractivity contribution in [3.63, 3.8) is 0 Å². The summed E-state index contributed by atoms with van der Waals surface area (Å²) in [5.41, 5.74) is 2.00. The number of methoxy groups -OCH3 is 1. The molecule has 0 saturated carbocycles. The van der Waals surface area contributed by atoms with Crippen molar-refractivity contribution in [2.45, 2.75) is 32.2 Å². The zero-order valence-corrected chi connectivity index (χ0v) is 17.0. The van der Waals surface area contributed by atoms with E-state index < -0.39 is 0 Å². The summed E-state index contributed by atoms with van der Waals surface area (Å²) in [6.07, 6.45) is 3.44. The lowest BCUT2D eigenvalue weighted by molar-refractivity contribution is -0.139. The Hall–Kier alpha value is -2.82. The highest BCUT2D eigenvalue weighted by molar-refractivity contribution is 5.94. The fourth-order valence-corrected chi connectivity index (χ4v) is 4.55. The number of amides is 2. The quantitative estimate of drug-likeness (QED) is 0.796. The molecule has 4 rings (SSSR count). The molecular formula is C24H28N2O3. The molecule has 2 amide bonds. The predicted molar refractivity (Wildman–Crippen MR) is 112 cm³/mol. The van der Waals surface area contributed by atoms with E-state index in [1.54, 1.807) is 7.11 Å². The van der Waals surface area contributed by atoms with E-state index in [-0.39, 0.29) is 17.2 Å². The van der Waals surface area contributed by atoms with Gasteiger partial charge in [0, 0.05) is 38.2 Å². The van der Waals surface area contributed by atoms with E-state index >= 15 is 0 Å². The second kappa shape index (κ2) is 8.27. The van der Waals surface area contributed by atoms with Crippen molar-refractivity contribution in [1.82, 2.24) is 9.80 Å². The van der Waals surface area contributed by atoms with E-state index in [1.165, 1.54) is 0 Å². The van der Waals surface area contributed by atoms with Crippen molar-refractivity contribution in [1.29, 1.82) is 0 Å². The highest BCUT2D eigenvalue weighted by Gasteiger charge is 2.41. The topological polar surface area (TPSA) is 49.9 Å². The number of benzene rings is 2. The van der Waals surface area contributed by atoms with Gasteiger partial charge >= 0.3 is 0 Å². The van der Waals surface area contributed by atoms with Gasteiger partial charge in [0.25, 0.3) is 5.91 Å². The fraction of sp³-hybridized carbons (Fsp3) is 0.417. The van der Waals surface area contributed by atoms with Crippen LogP contribution in [-0.4, -0.2) is 48.4 Å². The molecule has 5 nitrogen and oxygen atoms in total. The number of hydrogen-bond donors (Lipinski definition) is 0. The zero-order valence-electron chi connectivity index (χ0n) is 17.0. The third-order valence-corrected chi connectivity index (χ3v) is 6.41. The summed E-state index contributed by atoms with van der Waals surface area (Å²) in [7, 11) is 1.65. The summed E-state index contributed by atoms with van der Waals surface area (Å²) in [6, 6.07) is 17.4. The van der Waals surface area contributed by atoms with E-state index in [4.69, 9.17) is 4.74 Å². The van der Waals surface area contributed by atoms with Crippen molar-refractivity contribution >= 4 is 11.8 Å². The highest BCUT2D eigenvalue weighted by Crippen LogP contribution is 2.41. The van der Waals surface area contributed by atoms with Gasteiger partial charge in [-0.15, -0.1) is 0 Å². The average molecular weight is 392 g/mol. The van der Waals surface area contributed by atoms with Crippen molar-refractivity contribution in [2.75, 3.05) is 26.7 Å². The second-order valence-electron chi connectivity index (χ2n) is 8.26. The number of carbonyl (C=O) groups excluding carboxylic acids is 2. The molecule has 0 radical (unpaired) electrons. The van der Waals surface area contributed by atoms with Crippen molar-refractivity contribution in [3.8, 4) is 5.75 Å². The minimum Gasteiger partial charge on any atom is -0.497 e. The van der Waals surface area contributed by atoms with Crippen LogP contribution in [0.15, 0.2) is 54.6 Å². The maximum atomic E-state index is 12.7. The van der Waals surface area contributed by atoms with Gasteiger partial charge in [0.15, 0.2) is 0 Å². The van der Waals surface area contributed by atoms with Gasteiger partial charge in [0.2, 0.25) is 5.91 Å². The molecule has 2 fully saturated rings. The molecule has 2 aromatic carbocycles. The lowest BCUT2D eigenvalue weighted by Gasteiger charge is -2.47. The van der Waals surface area contributed by atoms with E-state index in [0.717, 1.165) is 55.8 Å². The number of piperidine rings is 2. The van der Waals surface area contributed by atoms with Gasteiger partial charge in [-0.2, -0.15) is 0 Å². The molecule has 0 N–H and O–H groups in total. The zero-order chi connectivity index (χ0) is 20.3. The second-order valence-corrected chi connectivity index (χ2v) is 8.26. The maximum Gasteiger partial charge on any atom is 0.253 e. The first-order valence-corrected chi connectivity index (χ1v) is 10.3.